The fraction of sp³-hybridized carbons (Fsp3) is 0.731. The first-order valence-corrected chi connectivity index (χ1v) is 12.4. The van der Waals surface area contributed by atoms with E-state index in [9.17, 15) is 0 Å². The van der Waals surface area contributed by atoms with Gasteiger partial charge in [0, 0.05) is 0 Å². The summed E-state index contributed by atoms with van der Waals surface area (Å²) < 4.78 is 4.14. The summed E-state index contributed by atoms with van der Waals surface area (Å²) in [4.78, 5) is 8.49. The van der Waals surface area contributed by atoms with Crippen LogP contribution < -0.4 is 10.3 Å². The summed E-state index contributed by atoms with van der Waals surface area (Å²) in [6, 6.07) is 0. The molecule has 0 aliphatic heterocycles. The Kier molecular flexibility index (Phi) is 10.5. The predicted octanol–water partition coefficient (Wildman–Crippen LogP) is 6.22. The number of nitrogen functional groups attached to an aromatic ring is 1. The molecule has 2 atom stereocenters. The van der Waals surface area contributed by atoms with Gasteiger partial charge in [-0.25, -0.2) is 4.57 Å². The van der Waals surface area contributed by atoms with Gasteiger partial charge in [0.1, 0.15) is 0 Å². The Bertz CT molecular complexity index is 821. The number of allylic oxidation sites excluding steroid dienone is 2. The molecule has 0 aliphatic carbocycles. The molecule has 0 amide bonds. The van der Waals surface area contributed by atoms with E-state index in [0.717, 1.165) is 35.5 Å². The summed E-state index contributed by atoms with van der Waals surface area (Å²) in [7, 11) is 2.00. The zero-order chi connectivity index (χ0) is 22.8. The minimum Gasteiger partial charge on any atom is -0.380 e. The number of hydrogen-bond acceptors (Lipinski definition) is 3. The van der Waals surface area contributed by atoms with Gasteiger partial charge < -0.3 is 5.73 Å². The summed E-state index contributed by atoms with van der Waals surface area (Å²) in [6.45, 7) is 12.6. The van der Waals surface area contributed by atoms with Crippen LogP contribution >= 0.6 is 0 Å². The molecule has 2 rings (SSSR count). The van der Waals surface area contributed by atoms with Crippen molar-refractivity contribution in [3.05, 3.63) is 24.3 Å². The van der Waals surface area contributed by atoms with Gasteiger partial charge in [0.05, 0.1) is 13.6 Å². The van der Waals surface area contributed by atoms with Crippen LogP contribution in [0.3, 0.4) is 0 Å². The lowest BCUT2D eigenvalue weighted by atomic mass is 9.91. The van der Waals surface area contributed by atoms with Gasteiger partial charge in [0.25, 0.3) is 0 Å². The van der Waals surface area contributed by atoms with E-state index in [1.807, 2.05) is 17.9 Å². The van der Waals surface area contributed by atoms with Crippen molar-refractivity contribution in [3.63, 3.8) is 0 Å². The molecule has 0 radical (unpaired) electrons. The van der Waals surface area contributed by atoms with Gasteiger partial charge in [-0.2, -0.15) is 4.98 Å². The molecule has 174 valence electrons. The number of fused-ring (bicyclic) bond motifs is 1. The van der Waals surface area contributed by atoms with Crippen molar-refractivity contribution < 1.29 is 4.57 Å². The number of hydrogen-bond donors (Lipinski definition) is 1. The van der Waals surface area contributed by atoms with Gasteiger partial charge in [-0.15, -0.1) is 0 Å². The molecular formula is C26H46N5+. The molecule has 0 aromatic carbocycles. The fourth-order valence-electron chi connectivity index (χ4n) is 4.44. The maximum atomic E-state index is 6.08. The average molecular weight is 429 g/mol. The first kappa shape index (κ1) is 25.4. The number of imidazole rings is 1. The van der Waals surface area contributed by atoms with Crippen molar-refractivity contribution in [2.24, 2.45) is 24.8 Å². The van der Waals surface area contributed by atoms with Crippen molar-refractivity contribution in [1.82, 2.24) is 14.5 Å². The van der Waals surface area contributed by atoms with E-state index in [2.05, 4.69) is 55.2 Å². The van der Waals surface area contributed by atoms with Gasteiger partial charge >= 0.3 is 5.65 Å². The van der Waals surface area contributed by atoms with E-state index in [-0.39, 0.29) is 0 Å². The van der Waals surface area contributed by atoms with Crippen molar-refractivity contribution in [2.45, 2.75) is 99.0 Å². The van der Waals surface area contributed by atoms with Gasteiger partial charge in [-0.3, -0.25) is 4.57 Å². The summed E-state index contributed by atoms with van der Waals surface area (Å²) in [5.41, 5.74) is 9.32. The maximum Gasteiger partial charge on any atom is 0.307 e. The molecule has 2 aromatic heterocycles. The standard InChI is InChI=1S/C26H46N5/c1-20(2)10-7-11-21(3)12-8-13-22(4)14-9-15-23(5)16-17-31-19-30(6)26-24(31)25(27)28-18-29-26/h16,18-22H,7-15,17H2,1-6H3,(H2,27,28,29)/q+1/b23-16+. The molecule has 0 bridgehead atoms. The van der Waals surface area contributed by atoms with Crippen LogP contribution in [-0.4, -0.2) is 14.5 Å². The van der Waals surface area contributed by atoms with Crippen LogP contribution in [0, 0.1) is 17.8 Å². The van der Waals surface area contributed by atoms with Crippen LogP contribution in [0.2, 0.25) is 0 Å². The lowest BCUT2D eigenvalue weighted by molar-refractivity contribution is -0.647. The van der Waals surface area contributed by atoms with Gasteiger partial charge in [-0.1, -0.05) is 89.3 Å². The molecule has 5 nitrogen and oxygen atoms in total. The molecule has 0 saturated heterocycles. The summed E-state index contributed by atoms with van der Waals surface area (Å²) >= 11 is 0. The summed E-state index contributed by atoms with van der Waals surface area (Å²) in [5.74, 6) is 3.12. The third kappa shape index (κ3) is 8.62. The smallest absolute Gasteiger partial charge is 0.307 e. The van der Waals surface area contributed by atoms with Crippen LogP contribution in [0.15, 0.2) is 24.3 Å². The zero-order valence-corrected chi connectivity index (χ0v) is 20.9. The highest BCUT2D eigenvalue weighted by atomic mass is 15.2. The Morgan fingerprint density at radius 1 is 1.00 bits per heavy atom. The molecule has 0 aliphatic rings. The van der Waals surface area contributed by atoms with E-state index < -0.39 is 0 Å². The SMILES string of the molecule is C/C(=C\Cn1c[n+](C)c2ncnc(N)c21)CCCC(C)CCCC(C)CCCC(C)C. The molecular weight excluding hydrogens is 382 g/mol. The second-order valence-corrected chi connectivity index (χ2v) is 10.2. The highest BCUT2D eigenvalue weighted by Crippen LogP contribution is 2.22. The summed E-state index contributed by atoms with van der Waals surface area (Å²) in [5, 5.41) is 0. The highest BCUT2D eigenvalue weighted by Gasteiger charge is 2.17. The molecule has 0 spiro atoms. The number of rotatable bonds is 14. The van der Waals surface area contributed by atoms with Crippen molar-refractivity contribution in [1.29, 1.82) is 0 Å². The minimum absolute atomic E-state index is 0.541. The second-order valence-electron chi connectivity index (χ2n) is 10.2. The molecule has 2 aromatic rings. The third-order valence-electron chi connectivity index (χ3n) is 6.54. The van der Waals surface area contributed by atoms with Gasteiger partial charge in [-0.05, 0) is 37.5 Å². The molecule has 0 fully saturated rings. The Morgan fingerprint density at radius 2 is 1.61 bits per heavy atom. The summed E-state index contributed by atoms with van der Waals surface area (Å²) in [6.07, 6.45) is 18.0. The van der Waals surface area contributed by atoms with Gasteiger partial charge in [0.15, 0.2) is 18.5 Å². The number of aryl methyl sites for hydroxylation is 1. The van der Waals surface area contributed by atoms with Crippen molar-refractivity contribution in [3.8, 4) is 0 Å². The molecule has 5 heteroatoms. The lowest BCUT2D eigenvalue weighted by Gasteiger charge is -2.15. The first-order valence-electron chi connectivity index (χ1n) is 12.4. The van der Waals surface area contributed by atoms with Crippen LogP contribution in [-0.2, 0) is 13.6 Å². The van der Waals surface area contributed by atoms with Crippen LogP contribution in [0.4, 0.5) is 5.82 Å². The highest BCUT2D eigenvalue weighted by molar-refractivity contribution is 5.79. The van der Waals surface area contributed by atoms with E-state index in [1.165, 1.54) is 69.7 Å². The van der Waals surface area contributed by atoms with Crippen LogP contribution in [0.5, 0.6) is 0 Å². The number of nitrogens with two attached hydrogens (primary N) is 1. The number of aromatic nitrogens is 4. The van der Waals surface area contributed by atoms with E-state index in [4.69, 9.17) is 5.73 Å². The maximum absolute atomic E-state index is 6.08. The van der Waals surface area contributed by atoms with Crippen LogP contribution in [0.25, 0.3) is 11.2 Å². The normalized spacial score (nSPS) is 14.5. The molecule has 2 N–H and O–H groups in total. The molecule has 2 unspecified atom stereocenters. The quantitative estimate of drug-likeness (QED) is 0.287. The largest absolute Gasteiger partial charge is 0.380 e. The van der Waals surface area contributed by atoms with Gasteiger partial charge in [0.2, 0.25) is 5.52 Å². The Hall–Kier alpha value is -1.91. The van der Waals surface area contributed by atoms with E-state index in [0.29, 0.717) is 5.82 Å². The Labute approximate surface area is 190 Å². The number of anilines is 1. The Morgan fingerprint density at radius 3 is 2.26 bits per heavy atom. The molecule has 2 heterocycles. The molecule has 0 saturated carbocycles. The predicted molar refractivity (Wildman–Crippen MR) is 132 cm³/mol. The Balaban J connectivity index is 1.66. The minimum atomic E-state index is 0.541. The van der Waals surface area contributed by atoms with E-state index in [1.54, 1.807) is 0 Å². The van der Waals surface area contributed by atoms with Crippen LogP contribution in [0.1, 0.15) is 92.4 Å². The zero-order valence-electron chi connectivity index (χ0n) is 20.9. The topological polar surface area (TPSA) is 60.6 Å². The third-order valence-corrected chi connectivity index (χ3v) is 6.54. The van der Waals surface area contributed by atoms with Crippen molar-refractivity contribution in [2.75, 3.05) is 5.73 Å². The lowest BCUT2D eigenvalue weighted by Crippen LogP contribution is -2.26. The fourth-order valence-corrected chi connectivity index (χ4v) is 4.44. The second kappa shape index (κ2) is 12.8. The number of nitrogens with zero attached hydrogens (tertiary/aromatic N) is 4. The van der Waals surface area contributed by atoms with E-state index >= 15 is 0 Å². The first-order chi connectivity index (χ1) is 14.8. The molecule has 31 heavy (non-hydrogen) atoms. The van der Waals surface area contributed by atoms with Crippen molar-refractivity contribution >= 4 is 17.0 Å². The average Bonchev–Trinajstić information content (AvgIpc) is 3.03. The monoisotopic (exact) mass is 428 g/mol.